The standard InChI is InChI=1S/C12H17NO2/c1-12(2,11(14)15-4)9-5-7-10(13-3)8-6-9/h5-8H,3,13H2,1-2,4H3. The summed E-state index contributed by atoms with van der Waals surface area (Å²) < 4.78 is 4.77. The van der Waals surface area contributed by atoms with Gasteiger partial charge in [0.15, 0.2) is 0 Å². The van der Waals surface area contributed by atoms with Crippen LogP contribution in [0.15, 0.2) is 24.3 Å². The zero-order chi connectivity index (χ0) is 11.5. The number of esters is 1. The number of carbonyl (C=O) groups excluding carboxylic acids is 1. The number of nitrogens with two attached hydrogens (primary N) is 1. The molecule has 2 N–H and O–H groups in total. The van der Waals surface area contributed by atoms with E-state index < -0.39 is 5.41 Å². The minimum absolute atomic E-state index is 0.228. The first kappa shape index (κ1) is 11.7. The maximum Gasteiger partial charge on any atom is 0.315 e. The topological polar surface area (TPSA) is 42.9 Å². The summed E-state index contributed by atoms with van der Waals surface area (Å²) in [6, 6.07) is 7.72. The molecule has 0 saturated heterocycles. The first-order chi connectivity index (χ1) is 7.02. The maximum absolute atomic E-state index is 11.5. The summed E-state index contributed by atoms with van der Waals surface area (Å²) in [5, 5.41) is 1.77. The highest BCUT2D eigenvalue weighted by Gasteiger charge is 2.30. The number of benzene rings is 1. The Bertz CT molecular complexity index is 341. The van der Waals surface area contributed by atoms with Crippen LogP contribution in [0.5, 0.6) is 0 Å². The largest absolute Gasteiger partial charge is 0.468 e. The van der Waals surface area contributed by atoms with Gasteiger partial charge in [0, 0.05) is 0 Å². The molecule has 0 heterocycles. The van der Waals surface area contributed by atoms with Crippen LogP contribution >= 0.6 is 0 Å². The zero-order valence-corrected chi connectivity index (χ0v) is 9.41. The van der Waals surface area contributed by atoms with E-state index in [1.807, 2.05) is 38.1 Å². The Kier molecular flexibility index (Phi) is 3.48. The second kappa shape index (κ2) is 4.45. The molecule has 0 unspecified atom stereocenters. The first-order valence-corrected chi connectivity index (χ1v) is 4.83. The molecule has 0 aromatic heterocycles. The molecule has 1 aromatic rings. The van der Waals surface area contributed by atoms with E-state index in [0.29, 0.717) is 0 Å². The predicted molar refractivity (Wildman–Crippen MR) is 58.4 cm³/mol. The highest BCUT2D eigenvalue weighted by molar-refractivity contribution is 5.82. The Morgan fingerprint density at radius 1 is 1.33 bits per heavy atom. The van der Waals surface area contributed by atoms with Gasteiger partial charge in [-0.1, -0.05) is 12.1 Å². The van der Waals surface area contributed by atoms with Crippen molar-refractivity contribution in [3.8, 4) is 0 Å². The number of carbonyl (C=O) groups is 1. The molecule has 3 heteroatoms. The number of ether oxygens (including phenoxy) is 1. The summed E-state index contributed by atoms with van der Waals surface area (Å²) in [5.74, 6) is -0.228. The van der Waals surface area contributed by atoms with Crippen molar-refractivity contribution >= 4 is 11.7 Å². The smallest absolute Gasteiger partial charge is 0.315 e. The van der Waals surface area contributed by atoms with Crippen LogP contribution in [-0.2, 0) is 14.9 Å². The van der Waals surface area contributed by atoms with Gasteiger partial charge >= 0.3 is 5.97 Å². The molecule has 82 valence electrons. The normalized spacial score (nSPS) is 11.2. The minimum atomic E-state index is -0.603. The van der Waals surface area contributed by atoms with Gasteiger partial charge in [0.1, 0.15) is 5.69 Å². The second-order valence-electron chi connectivity index (χ2n) is 3.94. The number of hydrogen-bond acceptors (Lipinski definition) is 2. The number of quaternary nitrogens is 1. The maximum atomic E-state index is 11.5. The Morgan fingerprint density at radius 3 is 2.27 bits per heavy atom. The van der Waals surface area contributed by atoms with Crippen molar-refractivity contribution in [2.24, 2.45) is 0 Å². The van der Waals surface area contributed by atoms with Crippen LogP contribution in [0.25, 0.3) is 0 Å². The van der Waals surface area contributed by atoms with Crippen molar-refractivity contribution in [1.82, 2.24) is 0 Å². The molecule has 0 spiro atoms. The summed E-state index contributed by atoms with van der Waals surface area (Å²) in [5.41, 5.74) is 1.38. The third-order valence-electron chi connectivity index (χ3n) is 2.56. The van der Waals surface area contributed by atoms with Gasteiger partial charge in [0.25, 0.3) is 0 Å². The highest BCUT2D eigenvalue weighted by Crippen LogP contribution is 2.24. The van der Waals surface area contributed by atoms with E-state index in [-0.39, 0.29) is 5.97 Å². The quantitative estimate of drug-likeness (QED) is 0.458. The Hall–Kier alpha value is -1.35. The highest BCUT2D eigenvalue weighted by atomic mass is 16.5. The van der Waals surface area contributed by atoms with Crippen LogP contribution in [0.2, 0.25) is 0 Å². The second-order valence-corrected chi connectivity index (χ2v) is 3.94. The molecule has 0 aliphatic heterocycles. The lowest BCUT2D eigenvalue weighted by Gasteiger charge is -2.21. The SMILES string of the molecule is [CH2-][NH2+]c1ccc(C(C)(C)C(=O)OC)cc1. The molecule has 0 radical (unpaired) electrons. The molecule has 0 aliphatic rings. The number of hydrogen-bond donors (Lipinski definition) is 1. The van der Waals surface area contributed by atoms with Crippen LogP contribution in [0.3, 0.4) is 0 Å². The summed E-state index contributed by atoms with van der Waals surface area (Å²) in [6.45, 7) is 3.70. The van der Waals surface area contributed by atoms with Crippen molar-refractivity contribution in [3.63, 3.8) is 0 Å². The third kappa shape index (κ3) is 2.36. The van der Waals surface area contributed by atoms with Gasteiger partial charge in [-0.15, -0.1) is 7.05 Å². The number of rotatable bonds is 3. The first-order valence-electron chi connectivity index (χ1n) is 4.83. The van der Waals surface area contributed by atoms with Gasteiger partial charge in [0.05, 0.1) is 12.5 Å². The summed E-state index contributed by atoms with van der Waals surface area (Å²) in [7, 11) is 5.09. The molecule has 1 aromatic carbocycles. The minimum Gasteiger partial charge on any atom is -0.468 e. The summed E-state index contributed by atoms with van der Waals surface area (Å²) >= 11 is 0. The molecule has 0 aliphatic carbocycles. The van der Waals surface area contributed by atoms with Crippen LogP contribution in [-0.4, -0.2) is 13.1 Å². The molecule has 15 heavy (non-hydrogen) atoms. The molecule has 0 fully saturated rings. The van der Waals surface area contributed by atoms with Crippen LogP contribution in [0.1, 0.15) is 19.4 Å². The molecule has 0 amide bonds. The van der Waals surface area contributed by atoms with Gasteiger partial charge in [-0.05, 0) is 31.5 Å². The lowest BCUT2D eigenvalue weighted by molar-refractivity contribution is -0.504. The summed E-state index contributed by atoms with van der Waals surface area (Å²) in [4.78, 5) is 11.5. The lowest BCUT2D eigenvalue weighted by Crippen LogP contribution is -2.69. The molecule has 0 saturated carbocycles. The van der Waals surface area contributed by atoms with E-state index >= 15 is 0 Å². The lowest BCUT2D eigenvalue weighted by atomic mass is 9.85. The van der Waals surface area contributed by atoms with Crippen molar-refractivity contribution < 1.29 is 14.8 Å². The fourth-order valence-electron chi connectivity index (χ4n) is 1.41. The molecule has 3 nitrogen and oxygen atoms in total. The monoisotopic (exact) mass is 207 g/mol. The van der Waals surface area contributed by atoms with Gasteiger partial charge < -0.3 is 10.1 Å². The molecule has 0 atom stereocenters. The van der Waals surface area contributed by atoms with E-state index in [2.05, 4.69) is 7.05 Å². The van der Waals surface area contributed by atoms with Crippen molar-refractivity contribution in [1.29, 1.82) is 0 Å². The average molecular weight is 207 g/mol. The van der Waals surface area contributed by atoms with Crippen LogP contribution in [0, 0.1) is 7.05 Å². The molecule has 0 bridgehead atoms. The predicted octanol–water partition coefficient (Wildman–Crippen LogP) is 1.12. The van der Waals surface area contributed by atoms with Crippen LogP contribution in [0.4, 0.5) is 5.69 Å². The van der Waals surface area contributed by atoms with E-state index in [1.54, 1.807) is 5.32 Å². The summed E-state index contributed by atoms with van der Waals surface area (Å²) in [6.07, 6.45) is 0. The average Bonchev–Trinajstić information content (AvgIpc) is 2.28. The van der Waals surface area contributed by atoms with Gasteiger partial charge in [-0.2, -0.15) is 0 Å². The van der Waals surface area contributed by atoms with E-state index in [4.69, 9.17) is 4.74 Å². The van der Waals surface area contributed by atoms with Gasteiger partial charge in [-0.3, -0.25) is 4.79 Å². The molecular weight excluding hydrogens is 190 g/mol. The van der Waals surface area contributed by atoms with Crippen molar-refractivity contribution in [2.75, 3.05) is 7.11 Å². The Labute approximate surface area is 90.4 Å². The molecular formula is C12H17NO2. The fourth-order valence-corrected chi connectivity index (χ4v) is 1.41. The van der Waals surface area contributed by atoms with Gasteiger partial charge in [0.2, 0.25) is 0 Å². The Balaban J connectivity index is 3.00. The third-order valence-corrected chi connectivity index (χ3v) is 2.56. The number of methoxy groups -OCH3 is 1. The fraction of sp³-hybridized carbons (Fsp3) is 0.333. The van der Waals surface area contributed by atoms with Crippen LogP contribution < -0.4 is 5.32 Å². The van der Waals surface area contributed by atoms with E-state index in [1.165, 1.54) is 7.11 Å². The zero-order valence-electron chi connectivity index (χ0n) is 9.41. The van der Waals surface area contributed by atoms with E-state index in [9.17, 15) is 4.79 Å². The van der Waals surface area contributed by atoms with Gasteiger partial charge in [-0.25, -0.2) is 0 Å². The van der Waals surface area contributed by atoms with E-state index in [0.717, 1.165) is 11.3 Å². The Morgan fingerprint density at radius 2 is 1.87 bits per heavy atom. The molecule has 1 rings (SSSR count). The van der Waals surface area contributed by atoms with Crippen molar-refractivity contribution in [2.45, 2.75) is 19.3 Å². The van der Waals surface area contributed by atoms with Crippen molar-refractivity contribution in [3.05, 3.63) is 36.9 Å².